The Labute approximate surface area is 145 Å². The number of amides is 1. The minimum atomic E-state index is -0.178. The zero-order valence-electron chi connectivity index (χ0n) is 14.3. The van der Waals surface area contributed by atoms with Crippen LogP contribution in [0.2, 0.25) is 0 Å². The van der Waals surface area contributed by atoms with Gasteiger partial charge in [-0.25, -0.2) is 4.79 Å². The van der Waals surface area contributed by atoms with Crippen molar-refractivity contribution in [3.8, 4) is 0 Å². The van der Waals surface area contributed by atoms with E-state index >= 15 is 0 Å². The summed E-state index contributed by atoms with van der Waals surface area (Å²) in [5.74, 6) is -0.0163. The average Bonchev–Trinajstić information content (AvgIpc) is 3.19. The number of nitrogens with zero attached hydrogens (tertiary/aromatic N) is 3. The van der Waals surface area contributed by atoms with Gasteiger partial charge in [0.15, 0.2) is 0 Å². The molecule has 2 aromatic heterocycles. The quantitative estimate of drug-likeness (QED) is 0.782. The first-order valence-corrected chi connectivity index (χ1v) is 8.48. The molecule has 0 radical (unpaired) electrons. The Morgan fingerprint density at radius 2 is 2.12 bits per heavy atom. The fourth-order valence-corrected chi connectivity index (χ4v) is 3.60. The van der Waals surface area contributed by atoms with E-state index in [4.69, 9.17) is 0 Å². The fraction of sp³-hybridized carbons (Fsp3) is 0.316. The summed E-state index contributed by atoms with van der Waals surface area (Å²) in [6.45, 7) is 2.69. The molecule has 0 saturated carbocycles. The maximum Gasteiger partial charge on any atom is 0.326 e. The fourth-order valence-electron chi connectivity index (χ4n) is 3.60. The van der Waals surface area contributed by atoms with Crippen molar-refractivity contribution in [1.29, 1.82) is 0 Å². The minimum Gasteiger partial charge on any atom is -0.330 e. The van der Waals surface area contributed by atoms with Crippen LogP contribution in [0.4, 0.5) is 0 Å². The number of benzene rings is 1. The third kappa shape index (κ3) is 2.63. The molecule has 3 aromatic rings. The number of hydrogen-bond acceptors (Lipinski definition) is 3. The number of carbonyl (C=O) groups excluding carboxylic acids is 1. The number of nitrogens with one attached hydrogen (secondary N) is 1. The monoisotopic (exact) mass is 336 g/mol. The van der Waals surface area contributed by atoms with Crippen molar-refractivity contribution in [1.82, 2.24) is 19.4 Å². The first-order valence-electron chi connectivity index (χ1n) is 8.48. The lowest BCUT2D eigenvalue weighted by Crippen LogP contribution is -2.31. The molecular formula is C19H20N4O2. The molecule has 6 heteroatoms. The highest BCUT2D eigenvalue weighted by Gasteiger charge is 2.31. The van der Waals surface area contributed by atoms with Crippen LogP contribution in [-0.4, -0.2) is 31.9 Å². The summed E-state index contributed by atoms with van der Waals surface area (Å²) >= 11 is 0. The number of pyridine rings is 1. The highest BCUT2D eigenvalue weighted by Crippen LogP contribution is 2.32. The van der Waals surface area contributed by atoms with Crippen molar-refractivity contribution in [3.63, 3.8) is 0 Å². The third-order valence-electron chi connectivity index (χ3n) is 4.92. The lowest BCUT2D eigenvalue weighted by atomic mass is 10.1. The smallest absolute Gasteiger partial charge is 0.326 e. The topological polar surface area (TPSA) is 71.0 Å². The Morgan fingerprint density at radius 1 is 1.28 bits per heavy atom. The lowest BCUT2D eigenvalue weighted by molar-refractivity contribution is 0.0733. The highest BCUT2D eigenvalue weighted by atomic mass is 16.2. The predicted molar refractivity (Wildman–Crippen MR) is 95.5 cm³/mol. The highest BCUT2D eigenvalue weighted by molar-refractivity contribution is 5.97. The van der Waals surface area contributed by atoms with Crippen molar-refractivity contribution in [3.05, 3.63) is 63.8 Å². The number of imidazole rings is 1. The van der Waals surface area contributed by atoms with E-state index in [0.29, 0.717) is 11.1 Å². The minimum absolute atomic E-state index is 0.0120. The van der Waals surface area contributed by atoms with Gasteiger partial charge in [-0.3, -0.25) is 14.3 Å². The maximum atomic E-state index is 13.1. The van der Waals surface area contributed by atoms with Crippen LogP contribution in [0, 0.1) is 6.92 Å². The Morgan fingerprint density at radius 3 is 2.92 bits per heavy atom. The van der Waals surface area contributed by atoms with Gasteiger partial charge in [0.1, 0.15) is 0 Å². The van der Waals surface area contributed by atoms with Crippen molar-refractivity contribution in [2.45, 2.75) is 25.8 Å². The molecular weight excluding hydrogens is 316 g/mol. The molecule has 1 atom stereocenters. The number of carbonyl (C=O) groups is 1. The average molecular weight is 336 g/mol. The van der Waals surface area contributed by atoms with Gasteiger partial charge in [-0.15, -0.1) is 0 Å². The summed E-state index contributed by atoms with van der Waals surface area (Å²) in [5.41, 5.74) is 3.79. The van der Waals surface area contributed by atoms with Gasteiger partial charge in [-0.2, -0.15) is 0 Å². The van der Waals surface area contributed by atoms with Crippen molar-refractivity contribution >= 4 is 16.9 Å². The summed E-state index contributed by atoms with van der Waals surface area (Å²) < 4.78 is 1.54. The van der Waals surface area contributed by atoms with Gasteiger partial charge < -0.3 is 9.88 Å². The number of hydrogen-bond donors (Lipinski definition) is 1. The third-order valence-corrected chi connectivity index (χ3v) is 4.92. The molecule has 1 amide bonds. The van der Waals surface area contributed by atoms with Crippen molar-refractivity contribution < 1.29 is 4.79 Å². The number of rotatable bonds is 2. The van der Waals surface area contributed by atoms with Crippen LogP contribution in [0.5, 0.6) is 0 Å². The summed E-state index contributed by atoms with van der Waals surface area (Å²) in [4.78, 5) is 34.1. The number of aromatic nitrogens is 3. The van der Waals surface area contributed by atoms with Gasteiger partial charge >= 0.3 is 5.69 Å². The first-order chi connectivity index (χ1) is 12.0. The molecule has 4 rings (SSSR count). The second kappa shape index (κ2) is 5.88. The number of aryl methyl sites for hydroxylation is 2. The van der Waals surface area contributed by atoms with Crippen LogP contribution in [0.25, 0.3) is 11.0 Å². The Hall–Kier alpha value is -2.89. The predicted octanol–water partition coefficient (Wildman–Crippen LogP) is 2.55. The van der Waals surface area contributed by atoms with Crippen LogP contribution in [-0.2, 0) is 7.05 Å². The molecule has 0 aliphatic carbocycles. The Balaban J connectivity index is 1.68. The molecule has 0 spiro atoms. The van der Waals surface area contributed by atoms with E-state index in [1.54, 1.807) is 23.7 Å². The van der Waals surface area contributed by atoms with Crippen LogP contribution < -0.4 is 5.69 Å². The normalized spacial score (nSPS) is 17.4. The van der Waals surface area contributed by atoms with Crippen molar-refractivity contribution in [2.24, 2.45) is 7.05 Å². The van der Waals surface area contributed by atoms with Gasteiger partial charge in [0.2, 0.25) is 0 Å². The molecule has 6 nitrogen and oxygen atoms in total. The van der Waals surface area contributed by atoms with Crippen LogP contribution in [0.15, 0.2) is 41.2 Å². The van der Waals surface area contributed by atoms with Gasteiger partial charge in [0.05, 0.1) is 22.8 Å². The summed E-state index contributed by atoms with van der Waals surface area (Å²) in [6.07, 6.45) is 1.89. The largest absolute Gasteiger partial charge is 0.330 e. The van der Waals surface area contributed by atoms with Crippen LogP contribution in [0.1, 0.15) is 40.6 Å². The molecule has 1 saturated heterocycles. The number of aromatic amines is 1. The maximum absolute atomic E-state index is 13.1. The summed E-state index contributed by atoms with van der Waals surface area (Å²) in [7, 11) is 1.71. The summed E-state index contributed by atoms with van der Waals surface area (Å²) in [5, 5.41) is 0. The molecule has 1 aliphatic heterocycles. The molecule has 1 fully saturated rings. The molecule has 1 aromatic carbocycles. The van der Waals surface area contributed by atoms with Gasteiger partial charge in [-0.05, 0) is 50.1 Å². The van der Waals surface area contributed by atoms with Crippen molar-refractivity contribution in [2.75, 3.05) is 6.54 Å². The molecule has 0 bridgehead atoms. The van der Waals surface area contributed by atoms with E-state index in [1.165, 1.54) is 0 Å². The molecule has 1 aliphatic rings. The van der Waals surface area contributed by atoms with E-state index in [2.05, 4.69) is 9.97 Å². The zero-order chi connectivity index (χ0) is 17.6. The first kappa shape index (κ1) is 15.6. The van der Waals surface area contributed by atoms with E-state index < -0.39 is 0 Å². The number of fused-ring (bicyclic) bond motifs is 1. The standard InChI is InChI=1S/C19H20N4O2/c1-12-5-3-6-14(20-12)17-7-4-10-23(17)18(24)13-8-9-16-15(11-13)21-19(25)22(16)2/h3,5-6,8-9,11,17H,4,7,10H2,1-2H3,(H,21,25). The van der Waals surface area contributed by atoms with Gasteiger partial charge in [0.25, 0.3) is 5.91 Å². The Bertz CT molecular complexity index is 1020. The van der Waals surface area contributed by atoms with Gasteiger partial charge in [0, 0.05) is 24.8 Å². The molecule has 25 heavy (non-hydrogen) atoms. The zero-order valence-corrected chi connectivity index (χ0v) is 14.3. The molecule has 1 unspecified atom stereocenters. The van der Waals surface area contributed by atoms with E-state index in [-0.39, 0.29) is 17.6 Å². The second-order valence-electron chi connectivity index (χ2n) is 6.58. The van der Waals surface area contributed by atoms with E-state index in [1.807, 2.05) is 36.1 Å². The number of H-pyrrole nitrogens is 1. The molecule has 128 valence electrons. The molecule has 1 N–H and O–H groups in total. The van der Waals surface area contributed by atoms with E-state index in [9.17, 15) is 9.59 Å². The number of likely N-dealkylation sites (tertiary alicyclic amines) is 1. The lowest BCUT2D eigenvalue weighted by Gasteiger charge is -2.24. The van der Waals surface area contributed by atoms with Crippen LogP contribution >= 0.6 is 0 Å². The Kier molecular flexibility index (Phi) is 3.67. The van der Waals surface area contributed by atoms with E-state index in [0.717, 1.165) is 36.3 Å². The van der Waals surface area contributed by atoms with Crippen LogP contribution in [0.3, 0.4) is 0 Å². The SMILES string of the molecule is Cc1cccc(C2CCCN2C(=O)c2ccc3c(c2)[nH]c(=O)n3C)n1. The molecule has 3 heterocycles. The van der Waals surface area contributed by atoms with Gasteiger partial charge in [-0.1, -0.05) is 6.07 Å². The summed E-state index contributed by atoms with van der Waals surface area (Å²) in [6, 6.07) is 11.3. The second-order valence-corrected chi connectivity index (χ2v) is 6.58.